The smallest absolute Gasteiger partial charge is 0.225 e. The molecular formula is C15H20N4S. The van der Waals surface area contributed by atoms with Gasteiger partial charge in [-0.1, -0.05) is 6.42 Å². The Labute approximate surface area is 123 Å². The largest absolute Gasteiger partial charge is 0.366 e. The van der Waals surface area contributed by atoms with Crippen LogP contribution in [0.4, 0.5) is 11.8 Å². The monoisotopic (exact) mass is 288 g/mol. The van der Waals surface area contributed by atoms with Crippen molar-refractivity contribution in [2.24, 2.45) is 11.8 Å². The Hall–Kier alpha value is -1.36. The molecule has 0 radical (unpaired) electrons. The fourth-order valence-corrected chi connectivity index (χ4v) is 4.74. The zero-order valence-electron chi connectivity index (χ0n) is 11.9. The van der Waals surface area contributed by atoms with Gasteiger partial charge in [0.1, 0.15) is 10.6 Å². The number of aromatic nitrogens is 2. The summed E-state index contributed by atoms with van der Waals surface area (Å²) in [5.74, 6) is 3.52. The fraction of sp³-hybridized carbons (Fsp3) is 0.600. The summed E-state index contributed by atoms with van der Waals surface area (Å²) in [6.45, 7) is 2.13. The molecule has 2 aliphatic carbocycles. The molecule has 2 fully saturated rings. The second-order valence-electron chi connectivity index (χ2n) is 6.15. The molecule has 0 aromatic carbocycles. The second kappa shape index (κ2) is 4.58. The Bertz CT molecular complexity index is 651. The molecule has 0 aliphatic heterocycles. The molecule has 106 valence electrons. The van der Waals surface area contributed by atoms with E-state index in [0.717, 1.165) is 22.5 Å². The first-order valence-electron chi connectivity index (χ1n) is 7.45. The van der Waals surface area contributed by atoms with Gasteiger partial charge in [-0.15, -0.1) is 11.3 Å². The van der Waals surface area contributed by atoms with Crippen LogP contribution in [0.25, 0.3) is 10.2 Å². The number of nitrogens with one attached hydrogen (secondary N) is 2. The van der Waals surface area contributed by atoms with Crippen LogP contribution in [0.1, 0.15) is 30.6 Å². The third-order valence-corrected chi connectivity index (χ3v) is 5.74. The third kappa shape index (κ3) is 1.95. The van der Waals surface area contributed by atoms with Gasteiger partial charge < -0.3 is 10.6 Å². The Kier molecular flexibility index (Phi) is 2.84. The maximum absolute atomic E-state index is 4.65. The lowest BCUT2D eigenvalue weighted by molar-refractivity contribution is 0.439. The van der Waals surface area contributed by atoms with Gasteiger partial charge in [-0.3, -0.25) is 0 Å². The molecule has 20 heavy (non-hydrogen) atoms. The summed E-state index contributed by atoms with van der Waals surface area (Å²) < 4.78 is 0. The average molecular weight is 288 g/mol. The maximum Gasteiger partial charge on any atom is 0.225 e. The molecule has 2 N–H and O–H groups in total. The number of hydrogen-bond donors (Lipinski definition) is 2. The van der Waals surface area contributed by atoms with E-state index in [1.165, 1.54) is 35.9 Å². The van der Waals surface area contributed by atoms with Crippen molar-refractivity contribution in [3.63, 3.8) is 0 Å². The van der Waals surface area contributed by atoms with E-state index in [0.29, 0.717) is 12.0 Å². The second-order valence-corrected chi connectivity index (χ2v) is 7.38. The van der Waals surface area contributed by atoms with E-state index in [4.69, 9.17) is 0 Å². The molecule has 5 heteroatoms. The number of thiophene rings is 1. The van der Waals surface area contributed by atoms with Crippen molar-refractivity contribution < 1.29 is 0 Å². The van der Waals surface area contributed by atoms with Crippen molar-refractivity contribution >= 4 is 33.3 Å². The Morgan fingerprint density at radius 2 is 2.15 bits per heavy atom. The predicted molar refractivity (Wildman–Crippen MR) is 84.6 cm³/mol. The van der Waals surface area contributed by atoms with Crippen LogP contribution >= 0.6 is 11.3 Å². The number of hydrogen-bond acceptors (Lipinski definition) is 5. The van der Waals surface area contributed by atoms with Crippen molar-refractivity contribution in [1.82, 2.24) is 9.97 Å². The zero-order valence-corrected chi connectivity index (χ0v) is 12.8. The van der Waals surface area contributed by atoms with E-state index in [1.54, 1.807) is 11.3 Å². The SMILES string of the molecule is CNc1nc(NC2CC3CCC2C3)c2cc(C)sc2n1. The third-order valence-electron chi connectivity index (χ3n) is 4.80. The molecule has 2 bridgehead atoms. The first-order chi connectivity index (χ1) is 9.72. The van der Waals surface area contributed by atoms with Crippen molar-refractivity contribution in [3.8, 4) is 0 Å². The van der Waals surface area contributed by atoms with E-state index in [2.05, 4.69) is 33.6 Å². The van der Waals surface area contributed by atoms with Gasteiger partial charge in [0.2, 0.25) is 5.95 Å². The molecule has 3 atom stereocenters. The molecule has 2 saturated carbocycles. The van der Waals surface area contributed by atoms with E-state index < -0.39 is 0 Å². The van der Waals surface area contributed by atoms with Crippen LogP contribution in [-0.4, -0.2) is 23.1 Å². The van der Waals surface area contributed by atoms with Crippen molar-refractivity contribution in [1.29, 1.82) is 0 Å². The van der Waals surface area contributed by atoms with Crippen molar-refractivity contribution in [2.45, 2.75) is 38.6 Å². The topological polar surface area (TPSA) is 49.8 Å². The summed E-state index contributed by atoms with van der Waals surface area (Å²) in [5, 5.41) is 7.97. The minimum Gasteiger partial charge on any atom is -0.366 e. The van der Waals surface area contributed by atoms with E-state index in [1.807, 2.05) is 7.05 Å². The zero-order chi connectivity index (χ0) is 13.7. The highest BCUT2D eigenvalue weighted by Gasteiger charge is 2.39. The van der Waals surface area contributed by atoms with Gasteiger partial charge in [-0.05, 0) is 44.1 Å². The van der Waals surface area contributed by atoms with E-state index in [9.17, 15) is 0 Å². The minimum absolute atomic E-state index is 0.608. The molecule has 0 saturated heterocycles. The fourth-order valence-electron chi connectivity index (χ4n) is 3.86. The highest BCUT2D eigenvalue weighted by molar-refractivity contribution is 7.18. The molecule has 2 heterocycles. The molecule has 4 rings (SSSR count). The van der Waals surface area contributed by atoms with Crippen LogP contribution in [0.3, 0.4) is 0 Å². The van der Waals surface area contributed by atoms with Gasteiger partial charge in [-0.25, -0.2) is 4.98 Å². The van der Waals surface area contributed by atoms with Crippen LogP contribution in [-0.2, 0) is 0 Å². The maximum atomic E-state index is 4.65. The molecule has 2 aliphatic rings. The van der Waals surface area contributed by atoms with Gasteiger partial charge in [0.05, 0.1) is 5.39 Å². The predicted octanol–water partition coefficient (Wildman–Crippen LogP) is 3.64. The summed E-state index contributed by atoms with van der Waals surface area (Å²) in [7, 11) is 1.88. The summed E-state index contributed by atoms with van der Waals surface area (Å²) in [6, 6.07) is 2.81. The van der Waals surface area contributed by atoms with Gasteiger partial charge in [0.15, 0.2) is 0 Å². The van der Waals surface area contributed by atoms with Crippen molar-refractivity contribution in [3.05, 3.63) is 10.9 Å². The quantitative estimate of drug-likeness (QED) is 0.905. The minimum atomic E-state index is 0.608. The van der Waals surface area contributed by atoms with Crippen LogP contribution in [0, 0.1) is 18.8 Å². The number of fused-ring (bicyclic) bond motifs is 3. The molecule has 4 nitrogen and oxygen atoms in total. The highest BCUT2D eigenvalue weighted by atomic mass is 32.1. The molecule has 0 spiro atoms. The van der Waals surface area contributed by atoms with Crippen LogP contribution in [0.5, 0.6) is 0 Å². The lowest BCUT2D eigenvalue weighted by Crippen LogP contribution is -2.26. The van der Waals surface area contributed by atoms with E-state index in [-0.39, 0.29) is 0 Å². The highest BCUT2D eigenvalue weighted by Crippen LogP contribution is 2.46. The van der Waals surface area contributed by atoms with Crippen molar-refractivity contribution in [2.75, 3.05) is 17.7 Å². The summed E-state index contributed by atoms with van der Waals surface area (Å²) in [5.41, 5.74) is 0. The Balaban J connectivity index is 1.70. The Morgan fingerprint density at radius 3 is 2.85 bits per heavy atom. The number of aryl methyl sites for hydroxylation is 1. The molecule has 3 unspecified atom stereocenters. The lowest BCUT2D eigenvalue weighted by atomic mass is 9.95. The number of anilines is 2. The summed E-state index contributed by atoms with van der Waals surface area (Å²) in [6.07, 6.45) is 5.54. The van der Waals surface area contributed by atoms with Gasteiger partial charge >= 0.3 is 0 Å². The van der Waals surface area contributed by atoms with Gasteiger partial charge in [-0.2, -0.15) is 4.98 Å². The van der Waals surface area contributed by atoms with Gasteiger partial charge in [0, 0.05) is 18.0 Å². The average Bonchev–Trinajstić information content (AvgIpc) is 3.12. The standard InChI is InChI=1S/C15H20N4S/c1-8-5-11-13(18-15(16-2)19-14(11)20-8)17-12-7-9-3-4-10(12)6-9/h5,9-10,12H,3-4,6-7H2,1-2H3,(H2,16,17,18,19). The normalized spacial score (nSPS) is 28.2. The molecule has 2 aromatic heterocycles. The number of nitrogens with zero attached hydrogens (tertiary/aromatic N) is 2. The van der Waals surface area contributed by atoms with Gasteiger partial charge in [0.25, 0.3) is 0 Å². The molecular weight excluding hydrogens is 268 g/mol. The lowest BCUT2D eigenvalue weighted by Gasteiger charge is -2.23. The molecule has 0 amide bonds. The Morgan fingerprint density at radius 1 is 1.25 bits per heavy atom. The van der Waals surface area contributed by atoms with Crippen LogP contribution in [0.15, 0.2) is 6.07 Å². The van der Waals surface area contributed by atoms with Crippen LogP contribution in [0.2, 0.25) is 0 Å². The van der Waals surface area contributed by atoms with E-state index >= 15 is 0 Å². The first-order valence-corrected chi connectivity index (χ1v) is 8.27. The number of rotatable bonds is 3. The molecule has 2 aromatic rings. The van der Waals surface area contributed by atoms with Crippen LogP contribution < -0.4 is 10.6 Å². The summed E-state index contributed by atoms with van der Waals surface area (Å²) >= 11 is 1.74. The summed E-state index contributed by atoms with van der Waals surface area (Å²) in [4.78, 5) is 11.6. The first kappa shape index (κ1) is 12.4.